The van der Waals surface area contributed by atoms with Gasteiger partial charge in [0, 0.05) is 17.1 Å². The molecule has 0 spiro atoms. The van der Waals surface area contributed by atoms with Gasteiger partial charge in [-0.15, -0.1) is 0 Å². The summed E-state index contributed by atoms with van der Waals surface area (Å²) in [5, 5.41) is 0. The molecule has 2 aliphatic carbocycles. The molecule has 2 saturated carbocycles. The first-order chi connectivity index (χ1) is 10.2. The van der Waals surface area contributed by atoms with E-state index in [1.54, 1.807) is 0 Å². The molecule has 2 fully saturated rings. The quantitative estimate of drug-likeness (QED) is 0.376. The number of rotatable bonds is 0. The van der Waals surface area contributed by atoms with Crippen LogP contribution in [0.25, 0.3) is 0 Å². The van der Waals surface area contributed by atoms with Gasteiger partial charge in [-0.2, -0.15) is 0 Å². The van der Waals surface area contributed by atoms with Crippen molar-refractivity contribution in [2.45, 2.75) is 121 Å². The van der Waals surface area contributed by atoms with Crippen LogP contribution in [0.4, 0.5) is 0 Å². The molecule has 1 heteroatoms. The number of hydrogen-bond donors (Lipinski definition) is 0. The molecule has 0 radical (unpaired) electrons. The average Bonchev–Trinajstić information content (AvgIpc) is 3.16. The van der Waals surface area contributed by atoms with E-state index in [4.69, 9.17) is 0 Å². The van der Waals surface area contributed by atoms with Crippen molar-refractivity contribution in [3.8, 4) is 0 Å². The van der Waals surface area contributed by atoms with Crippen LogP contribution in [0.3, 0.4) is 0 Å². The van der Waals surface area contributed by atoms with E-state index in [1.807, 2.05) is 27.7 Å². The van der Waals surface area contributed by atoms with Gasteiger partial charge in [-0.05, 0) is 48.3 Å². The topological polar surface area (TPSA) is 0 Å². The van der Waals surface area contributed by atoms with Gasteiger partial charge in [0.05, 0.1) is 0 Å². The molecule has 0 saturated heterocycles. The van der Waals surface area contributed by atoms with E-state index in [0.29, 0.717) is 10.8 Å². The monoisotopic (exact) mass is 368 g/mol. The van der Waals surface area contributed by atoms with Crippen LogP contribution < -0.4 is 0 Å². The Bertz CT molecular complexity index is 193. The van der Waals surface area contributed by atoms with E-state index < -0.39 is 0 Å². The van der Waals surface area contributed by atoms with Crippen LogP contribution in [0.5, 0.6) is 0 Å². The third-order valence-corrected chi connectivity index (χ3v) is 5.16. The van der Waals surface area contributed by atoms with Crippen molar-refractivity contribution in [2.75, 3.05) is 0 Å². The Balaban J connectivity index is -0.000000276. The summed E-state index contributed by atoms with van der Waals surface area (Å²) in [6.45, 7) is 22.2. The maximum Gasteiger partial charge on any atom is 0 e. The molecule has 0 unspecified atom stereocenters. The minimum Gasteiger partial charge on any atom is -0.0683 e. The smallest absolute Gasteiger partial charge is 0 e. The van der Waals surface area contributed by atoms with Gasteiger partial charge in [0.15, 0.2) is 0 Å². The summed E-state index contributed by atoms with van der Waals surface area (Å²) < 4.78 is 0. The first-order valence-electron chi connectivity index (χ1n) is 10.2. The molecule has 0 atom stereocenters. The van der Waals surface area contributed by atoms with E-state index in [9.17, 15) is 0 Å². The molecule has 144 valence electrons. The third kappa shape index (κ3) is 13.5. The maximum atomic E-state index is 2.36. The number of hydrogen-bond acceptors (Lipinski definition) is 0. The van der Waals surface area contributed by atoms with Crippen molar-refractivity contribution in [1.82, 2.24) is 0 Å². The molecule has 0 amide bonds. The van der Waals surface area contributed by atoms with E-state index in [2.05, 4.69) is 41.5 Å². The van der Waals surface area contributed by atoms with E-state index >= 15 is 0 Å². The fourth-order valence-corrected chi connectivity index (χ4v) is 3.58. The van der Waals surface area contributed by atoms with Gasteiger partial charge in [0.25, 0.3) is 0 Å². The molecule has 2 aliphatic rings. The molecular formula is C22H48Fe. The Hall–Kier alpha value is 0.519. The molecule has 0 aromatic carbocycles. The molecule has 2 rings (SSSR count). The first-order valence-corrected chi connectivity index (χ1v) is 10.2. The van der Waals surface area contributed by atoms with Crippen LogP contribution >= 0.6 is 0 Å². The molecule has 0 nitrogen and oxygen atoms in total. The second-order valence-electron chi connectivity index (χ2n) is 8.69. The van der Waals surface area contributed by atoms with E-state index in [0.717, 1.165) is 11.8 Å². The Kier molecular flexibility index (Phi) is 18.3. The minimum atomic E-state index is 0. The molecule has 0 heterocycles. The second-order valence-corrected chi connectivity index (χ2v) is 8.69. The largest absolute Gasteiger partial charge is 0.0683 e. The molecule has 0 aliphatic heterocycles. The fraction of sp³-hybridized carbons (Fsp3) is 1.00. The Labute approximate surface area is 160 Å². The standard InChI is InChI=1S/2C9H18.2C2H6.Fe/c2*1-9(2,3)8-6-4-5-7-8;2*1-2;/h2*8H,4-7H2,1-3H3;2*1-2H3;. The van der Waals surface area contributed by atoms with Gasteiger partial charge in [-0.1, -0.05) is 94.9 Å². The summed E-state index contributed by atoms with van der Waals surface area (Å²) in [7, 11) is 0. The molecule has 0 N–H and O–H groups in total. The molecule has 0 aromatic heterocycles. The zero-order chi connectivity index (χ0) is 17.8. The van der Waals surface area contributed by atoms with Crippen molar-refractivity contribution in [3.63, 3.8) is 0 Å². The predicted molar refractivity (Wildman–Crippen MR) is 106 cm³/mol. The van der Waals surface area contributed by atoms with Crippen LogP contribution in [0, 0.1) is 22.7 Å². The zero-order valence-electron chi connectivity index (χ0n) is 18.2. The van der Waals surface area contributed by atoms with E-state index in [1.165, 1.54) is 51.4 Å². The Morgan fingerprint density at radius 3 is 0.739 bits per heavy atom. The van der Waals surface area contributed by atoms with Crippen LogP contribution in [-0.4, -0.2) is 0 Å². The van der Waals surface area contributed by atoms with Crippen molar-refractivity contribution in [1.29, 1.82) is 0 Å². The molecule has 0 aromatic rings. The molecular weight excluding hydrogens is 320 g/mol. The maximum absolute atomic E-state index is 2.36. The first kappa shape index (κ1) is 28.3. The summed E-state index contributed by atoms with van der Waals surface area (Å²) in [4.78, 5) is 0. The van der Waals surface area contributed by atoms with Crippen LogP contribution in [0.1, 0.15) is 121 Å². The van der Waals surface area contributed by atoms with Gasteiger partial charge in [0.1, 0.15) is 0 Å². The third-order valence-electron chi connectivity index (χ3n) is 5.16. The minimum absolute atomic E-state index is 0. The van der Waals surface area contributed by atoms with Gasteiger partial charge >= 0.3 is 0 Å². The predicted octanol–water partition coefficient (Wildman–Crippen LogP) is 8.50. The summed E-state index contributed by atoms with van der Waals surface area (Å²) in [5.74, 6) is 2.02. The summed E-state index contributed by atoms with van der Waals surface area (Å²) in [5.41, 5.74) is 1.16. The SMILES string of the molecule is CC.CC.CC(C)(C)C1CCCC1.CC(C)(C)C1CCCC1.[Fe]. The summed E-state index contributed by atoms with van der Waals surface area (Å²) in [6, 6.07) is 0. The fourth-order valence-electron chi connectivity index (χ4n) is 3.58. The van der Waals surface area contributed by atoms with Crippen LogP contribution in [0.2, 0.25) is 0 Å². The van der Waals surface area contributed by atoms with Crippen molar-refractivity contribution in [3.05, 3.63) is 0 Å². The average molecular weight is 368 g/mol. The van der Waals surface area contributed by atoms with Crippen molar-refractivity contribution < 1.29 is 17.1 Å². The Morgan fingerprint density at radius 2 is 0.652 bits per heavy atom. The van der Waals surface area contributed by atoms with Gasteiger partial charge in [-0.3, -0.25) is 0 Å². The van der Waals surface area contributed by atoms with Gasteiger partial charge in [-0.25, -0.2) is 0 Å². The van der Waals surface area contributed by atoms with Crippen molar-refractivity contribution >= 4 is 0 Å². The Morgan fingerprint density at radius 1 is 0.478 bits per heavy atom. The second kappa shape index (κ2) is 14.8. The van der Waals surface area contributed by atoms with Crippen LogP contribution in [0.15, 0.2) is 0 Å². The van der Waals surface area contributed by atoms with E-state index in [-0.39, 0.29) is 17.1 Å². The van der Waals surface area contributed by atoms with Gasteiger partial charge < -0.3 is 0 Å². The van der Waals surface area contributed by atoms with Gasteiger partial charge in [0.2, 0.25) is 0 Å². The zero-order valence-corrected chi connectivity index (χ0v) is 19.3. The molecule has 0 bridgehead atoms. The summed E-state index contributed by atoms with van der Waals surface area (Å²) >= 11 is 0. The summed E-state index contributed by atoms with van der Waals surface area (Å²) in [6.07, 6.45) is 11.8. The molecule has 23 heavy (non-hydrogen) atoms. The van der Waals surface area contributed by atoms with Crippen molar-refractivity contribution in [2.24, 2.45) is 22.7 Å². The van der Waals surface area contributed by atoms with Crippen LogP contribution in [-0.2, 0) is 17.1 Å². The normalized spacial score (nSPS) is 18.5.